The molecule has 402 valence electrons. The number of carbonyl (C=O) groups is 6. The Balaban J connectivity index is 0.766. The first kappa shape index (κ1) is 52.9. The lowest BCUT2D eigenvalue weighted by Gasteiger charge is -2.26. The summed E-state index contributed by atoms with van der Waals surface area (Å²) in [5.41, 5.74) is 10.7. The number of hydrogen-bond acceptors (Lipinski definition) is 12. The first-order valence-corrected chi connectivity index (χ1v) is 29.0. The number of rotatable bonds is 20. The van der Waals surface area contributed by atoms with Gasteiger partial charge in [-0.3, -0.25) is 48.5 Å². The summed E-state index contributed by atoms with van der Waals surface area (Å²) in [6, 6.07) is 30.0. The molecular weight excluding hydrogens is 1020 g/mol. The van der Waals surface area contributed by atoms with Gasteiger partial charge in [-0.05, 0) is 128 Å². The van der Waals surface area contributed by atoms with E-state index >= 15 is 0 Å². The van der Waals surface area contributed by atoms with Crippen LogP contribution in [0.2, 0.25) is 0 Å². The van der Waals surface area contributed by atoms with Gasteiger partial charge in [0.2, 0.25) is 11.8 Å². The second kappa shape index (κ2) is 22.3. The number of hydrogen-bond donors (Lipinski definition) is 0. The molecule has 6 amide bonds. The van der Waals surface area contributed by atoms with E-state index in [0.29, 0.717) is 66.6 Å². The molecule has 5 aromatic carbocycles. The average molecular weight is 1090 g/mol. The highest BCUT2D eigenvalue weighted by atomic mass is 32.2. The molecule has 6 heterocycles. The highest BCUT2D eigenvalue weighted by molar-refractivity contribution is 8.04. The molecular formula is C62H63N5O9S2. The predicted octanol–water partition coefficient (Wildman–Crippen LogP) is 10.3. The molecule has 1 unspecified atom stereocenters. The number of likely N-dealkylation sites (tertiary alicyclic amines) is 1. The van der Waals surface area contributed by atoms with E-state index in [9.17, 15) is 28.8 Å². The van der Waals surface area contributed by atoms with Crippen LogP contribution in [0.1, 0.15) is 112 Å². The van der Waals surface area contributed by atoms with Crippen molar-refractivity contribution >= 4 is 82.2 Å². The molecule has 0 aliphatic carbocycles. The summed E-state index contributed by atoms with van der Waals surface area (Å²) in [5.74, 6) is 2.03. The molecule has 0 radical (unpaired) electrons. The molecule has 78 heavy (non-hydrogen) atoms. The molecule has 5 aromatic rings. The van der Waals surface area contributed by atoms with Gasteiger partial charge in [0.1, 0.15) is 19.0 Å². The number of carbonyl (C=O) groups excluding carboxylic acids is 6. The Labute approximate surface area is 463 Å². The molecule has 1 saturated heterocycles. The van der Waals surface area contributed by atoms with E-state index in [1.54, 1.807) is 42.8 Å². The number of methoxy groups -OCH3 is 1. The van der Waals surface area contributed by atoms with Crippen LogP contribution in [0.4, 0.5) is 17.1 Å². The SMILES string of the molecule is COc1cc2c(cc1OCc1cc(COc3cc4c(cc3C)C(=O)N3c5ccccc5C[C@H]3CC4)cc(CSCC(C)(C)SC3CC(=O)N(CCCCCCN4C(=O)C=CC4=O)C3=O)c1)N=C[C@@H]1Cc3ccccc3N1C2=O. The van der Waals surface area contributed by atoms with Gasteiger partial charge in [-0.25, -0.2) is 0 Å². The maximum atomic E-state index is 14.2. The number of aryl methyl sites for hydroxylation is 2. The summed E-state index contributed by atoms with van der Waals surface area (Å²) in [4.78, 5) is 90.0. The van der Waals surface area contributed by atoms with Crippen molar-refractivity contribution in [3.8, 4) is 17.2 Å². The number of aliphatic imine (C=N–C) groups is 1. The van der Waals surface area contributed by atoms with Crippen molar-refractivity contribution in [2.45, 2.75) is 120 Å². The minimum atomic E-state index is -0.455. The number of fused-ring (bicyclic) bond motifs is 8. The van der Waals surface area contributed by atoms with Crippen LogP contribution < -0.4 is 24.0 Å². The van der Waals surface area contributed by atoms with Crippen molar-refractivity contribution in [3.05, 3.63) is 153 Å². The molecule has 0 N–H and O–H groups in total. The number of amides is 6. The monoisotopic (exact) mass is 1090 g/mol. The number of para-hydroxylation sites is 2. The van der Waals surface area contributed by atoms with Crippen molar-refractivity contribution in [2.75, 3.05) is 35.8 Å². The molecule has 16 heteroatoms. The lowest BCUT2D eigenvalue weighted by Crippen LogP contribution is -2.37. The van der Waals surface area contributed by atoms with Crippen LogP contribution in [-0.4, -0.2) is 99.5 Å². The quantitative estimate of drug-likeness (QED) is 0.0540. The Morgan fingerprint density at radius 2 is 1.29 bits per heavy atom. The average Bonchev–Trinajstić information content (AvgIpc) is 4.22. The topological polar surface area (TPSA) is 155 Å². The number of nitrogens with zero attached hydrogens (tertiary/aromatic N) is 5. The van der Waals surface area contributed by atoms with E-state index in [1.807, 2.05) is 77.5 Å². The van der Waals surface area contributed by atoms with Crippen LogP contribution in [0.25, 0.3) is 0 Å². The molecule has 3 atom stereocenters. The number of imide groups is 2. The third kappa shape index (κ3) is 10.9. The number of thioether (sulfide) groups is 2. The third-order valence-corrected chi connectivity index (χ3v) is 18.6. The van der Waals surface area contributed by atoms with Crippen LogP contribution in [-0.2, 0) is 57.4 Å². The van der Waals surface area contributed by atoms with Gasteiger partial charge < -0.3 is 19.1 Å². The Morgan fingerprint density at radius 1 is 0.654 bits per heavy atom. The molecule has 6 aliphatic rings. The predicted molar refractivity (Wildman–Crippen MR) is 305 cm³/mol. The molecule has 14 nitrogen and oxygen atoms in total. The largest absolute Gasteiger partial charge is 0.493 e. The zero-order valence-corrected chi connectivity index (χ0v) is 46.1. The van der Waals surface area contributed by atoms with E-state index in [-0.39, 0.29) is 71.9 Å². The van der Waals surface area contributed by atoms with Gasteiger partial charge in [0, 0.05) is 89.6 Å². The van der Waals surface area contributed by atoms with Gasteiger partial charge >= 0.3 is 0 Å². The summed E-state index contributed by atoms with van der Waals surface area (Å²) in [5, 5.41) is -0.455. The molecule has 0 aromatic heterocycles. The number of anilines is 2. The van der Waals surface area contributed by atoms with Gasteiger partial charge in [0.25, 0.3) is 23.6 Å². The Hall–Kier alpha value is -7.17. The van der Waals surface area contributed by atoms with Crippen molar-refractivity contribution in [1.82, 2.24) is 9.80 Å². The van der Waals surface area contributed by atoms with E-state index in [1.165, 1.54) is 27.5 Å². The third-order valence-electron chi connectivity index (χ3n) is 15.5. The van der Waals surface area contributed by atoms with Crippen LogP contribution in [0, 0.1) is 6.92 Å². The van der Waals surface area contributed by atoms with Gasteiger partial charge in [0.15, 0.2) is 11.5 Å². The van der Waals surface area contributed by atoms with Gasteiger partial charge in [-0.2, -0.15) is 11.8 Å². The van der Waals surface area contributed by atoms with Gasteiger partial charge in [0.05, 0.1) is 29.7 Å². The zero-order chi connectivity index (χ0) is 54.2. The number of benzene rings is 5. The van der Waals surface area contributed by atoms with Crippen LogP contribution >= 0.6 is 23.5 Å². The maximum absolute atomic E-state index is 14.2. The van der Waals surface area contributed by atoms with Gasteiger partial charge in [-0.15, -0.1) is 11.8 Å². The van der Waals surface area contributed by atoms with Crippen molar-refractivity contribution < 1.29 is 43.0 Å². The van der Waals surface area contributed by atoms with Crippen molar-refractivity contribution in [1.29, 1.82) is 0 Å². The minimum absolute atomic E-state index is 0.0378. The molecule has 0 spiro atoms. The van der Waals surface area contributed by atoms with Crippen LogP contribution in [0.3, 0.4) is 0 Å². The number of unbranched alkanes of at least 4 members (excludes halogenated alkanes) is 3. The molecule has 0 saturated carbocycles. The highest BCUT2D eigenvalue weighted by Gasteiger charge is 2.42. The Bertz CT molecular complexity index is 3300. The first-order chi connectivity index (χ1) is 37.7. The second-order valence-corrected chi connectivity index (χ2v) is 24.5. The first-order valence-electron chi connectivity index (χ1n) is 26.9. The van der Waals surface area contributed by atoms with E-state index < -0.39 is 5.25 Å². The smallest absolute Gasteiger partial charge is 0.261 e. The molecule has 1 fully saturated rings. The normalized spacial score (nSPS) is 19.2. The van der Waals surface area contributed by atoms with E-state index in [0.717, 1.165) is 88.2 Å². The number of ether oxygens (including phenoxy) is 3. The highest BCUT2D eigenvalue weighted by Crippen LogP contribution is 2.43. The second-order valence-electron chi connectivity index (χ2n) is 21.6. The summed E-state index contributed by atoms with van der Waals surface area (Å²) in [6.07, 6.45) is 10.7. The van der Waals surface area contributed by atoms with Crippen molar-refractivity contribution in [3.63, 3.8) is 0 Å². The summed E-state index contributed by atoms with van der Waals surface area (Å²) >= 11 is 3.31. The fraction of sp³-hybridized carbons (Fsp3) is 0.371. The summed E-state index contributed by atoms with van der Waals surface area (Å²) < 4.78 is 18.7. The lowest BCUT2D eigenvalue weighted by molar-refractivity contribution is -0.139. The van der Waals surface area contributed by atoms with Gasteiger partial charge in [-0.1, -0.05) is 61.4 Å². The molecule has 6 aliphatic heterocycles. The minimum Gasteiger partial charge on any atom is -0.493 e. The molecule has 11 rings (SSSR count). The standard InChI is InChI=1S/C62H63N5O9S2/c1-38-23-47-42(17-18-45-27-43-13-7-9-15-50(43)66(45)59(47)71)29-52(38)75-34-39-24-40(35-76-54-31-49-48(30-53(54)74-4)60(72)67-46(33-63-49)28-44-14-8-10-16-51(44)67)26-41(25-39)36-77-37-62(2,3)78-55-32-58(70)65(61(55)73)22-12-6-5-11-21-64-56(68)19-20-57(64)69/h7-10,13-16,19-20,23-26,29-31,33,45-46,55H,5-6,11-12,17-18,21-22,27-28,32,34-37H2,1-4H3/t45-,46+,55?/m1/s1. The summed E-state index contributed by atoms with van der Waals surface area (Å²) in [7, 11) is 1.56. The zero-order valence-electron chi connectivity index (χ0n) is 44.5. The maximum Gasteiger partial charge on any atom is 0.261 e. The van der Waals surface area contributed by atoms with Crippen molar-refractivity contribution in [2.24, 2.45) is 4.99 Å². The lowest BCUT2D eigenvalue weighted by atomic mass is 9.98. The fourth-order valence-electron chi connectivity index (χ4n) is 11.7. The Morgan fingerprint density at radius 3 is 2.01 bits per heavy atom. The fourth-order valence-corrected chi connectivity index (χ4v) is 14.4. The van der Waals surface area contributed by atoms with Crippen LogP contribution in [0.15, 0.2) is 108 Å². The van der Waals surface area contributed by atoms with E-state index in [4.69, 9.17) is 19.2 Å². The van der Waals surface area contributed by atoms with Crippen LogP contribution in [0.5, 0.6) is 17.2 Å². The Kier molecular flexibility index (Phi) is 15.1. The molecule has 0 bridgehead atoms. The van der Waals surface area contributed by atoms with E-state index in [2.05, 4.69) is 38.1 Å². The summed E-state index contributed by atoms with van der Waals surface area (Å²) in [6.45, 7) is 7.42.